The molecule has 3 nitrogen and oxygen atoms in total. The Labute approximate surface area is 195 Å². The number of halogens is 2. The fraction of sp³-hybridized carbons (Fsp3) is 0.667. The first kappa shape index (κ1) is 30.2. The molecule has 0 radical (unpaired) electrons. The third-order valence-electron chi connectivity index (χ3n) is 5.58. The summed E-state index contributed by atoms with van der Waals surface area (Å²) in [5.41, 5.74) is 1.07. The van der Waals surface area contributed by atoms with Gasteiger partial charge in [-0.15, -0.1) is 0 Å². The normalized spacial score (nSPS) is 21.4. The summed E-state index contributed by atoms with van der Waals surface area (Å²) in [6, 6.07) is 0.0190. The number of rotatable bonds is 8. The Bertz CT molecular complexity index is 632. The SMILES string of the molecule is CC.CCCCCC.CN(C)/C=C\C(=C/C=O)C1=CC2CCCN(C)C(C=C1C(F)F)C2. The van der Waals surface area contributed by atoms with Crippen LogP contribution >= 0.6 is 0 Å². The van der Waals surface area contributed by atoms with Crippen molar-refractivity contribution >= 4 is 6.29 Å². The Morgan fingerprint density at radius 3 is 2.31 bits per heavy atom. The molecule has 0 aromatic rings. The van der Waals surface area contributed by atoms with Crippen molar-refractivity contribution < 1.29 is 13.6 Å². The summed E-state index contributed by atoms with van der Waals surface area (Å²) in [5, 5.41) is 0. The lowest BCUT2D eigenvalue weighted by Gasteiger charge is -2.23. The summed E-state index contributed by atoms with van der Waals surface area (Å²) < 4.78 is 27.5. The number of carbonyl (C=O) groups is 1. The van der Waals surface area contributed by atoms with Crippen molar-refractivity contribution in [2.45, 2.75) is 85.1 Å². The van der Waals surface area contributed by atoms with Crippen LogP contribution in [0.5, 0.6) is 0 Å². The van der Waals surface area contributed by atoms with E-state index in [9.17, 15) is 13.6 Å². The van der Waals surface area contributed by atoms with Gasteiger partial charge in [0.05, 0.1) is 0 Å². The molecule has 0 saturated carbocycles. The molecule has 0 spiro atoms. The first-order valence-electron chi connectivity index (χ1n) is 12.3. The maximum Gasteiger partial charge on any atom is 0.264 e. The number of hydrogen-bond acceptors (Lipinski definition) is 3. The van der Waals surface area contributed by atoms with E-state index < -0.39 is 6.43 Å². The molecule has 1 heterocycles. The lowest BCUT2D eigenvalue weighted by atomic mass is 9.92. The van der Waals surface area contributed by atoms with Gasteiger partial charge in [0.2, 0.25) is 0 Å². The van der Waals surface area contributed by atoms with Crippen LogP contribution in [-0.4, -0.2) is 56.2 Å². The molecule has 0 aromatic heterocycles. The molecule has 1 aliphatic heterocycles. The van der Waals surface area contributed by atoms with Crippen molar-refractivity contribution in [3.63, 3.8) is 0 Å². The average Bonchev–Trinajstić information content (AvgIpc) is 3.07. The van der Waals surface area contributed by atoms with Gasteiger partial charge < -0.3 is 4.90 Å². The largest absolute Gasteiger partial charge is 0.383 e. The van der Waals surface area contributed by atoms with Gasteiger partial charge in [0.15, 0.2) is 0 Å². The zero-order valence-electron chi connectivity index (χ0n) is 21.4. The topological polar surface area (TPSA) is 23.6 Å². The number of carbonyl (C=O) groups excluding carboxylic acids is 1. The van der Waals surface area contributed by atoms with Crippen molar-refractivity contribution in [2.75, 3.05) is 27.7 Å². The standard InChI is InChI=1S/C19H26F2N2O.C6H14.C2H6/c1-22(2)9-6-15(7-10-24)17-12-14-5-4-8-23(3)16(11-14)13-18(17)19(20)21;1-3-5-6-4-2;1-2/h6-7,9-10,12-14,16,19H,4-5,8,11H2,1-3H3;3-6H2,1-2H3;1-2H3/b9-6-,15-7+;;. The van der Waals surface area contributed by atoms with Gasteiger partial charge in [0.1, 0.15) is 6.29 Å². The molecule has 0 aromatic carbocycles. The second-order valence-electron chi connectivity index (χ2n) is 8.43. The van der Waals surface area contributed by atoms with E-state index in [1.165, 1.54) is 31.8 Å². The van der Waals surface area contributed by atoms with Crippen LogP contribution in [0.2, 0.25) is 0 Å². The van der Waals surface area contributed by atoms with E-state index in [-0.39, 0.29) is 17.5 Å². The van der Waals surface area contributed by atoms with Crippen molar-refractivity contribution in [2.24, 2.45) is 5.92 Å². The Morgan fingerprint density at radius 1 is 1.19 bits per heavy atom. The van der Waals surface area contributed by atoms with E-state index in [0.29, 0.717) is 17.4 Å². The Hall–Kier alpha value is -1.75. The molecule has 2 bridgehead atoms. The van der Waals surface area contributed by atoms with Crippen molar-refractivity contribution in [1.29, 1.82) is 0 Å². The molecule has 2 atom stereocenters. The van der Waals surface area contributed by atoms with Gasteiger partial charge in [-0.25, -0.2) is 8.78 Å². The third kappa shape index (κ3) is 11.2. The molecule has 2 unspecified atom stereocenters. The van der Waals surface area contributed by atoms with Gasteiger partial charge in [-0.05, 0) is 68.3 Å². The zero-order valence-corrected chi connectivity index (χ0v) is 21.4. The molecule has 1 saturated heterocycles. The third-order valence-corrected chi connectivity index (χ3v) is 5.58. The number of fused-ring (bicyclic) bond motifs is 2. The highest BCUT2D eigenvalue weighted by atomic mass is 19.3. The summed E-state index contributed by atoms with van der Waals surface area (Å²) in [6.45, 7) is 9.39. The minimum Gasteiger partial charge on any atom is -0.383 e. The fourth-order valence-corrected chi connectivity index (χ4v) is 3.84. The van der Waals surface area contributed by atoms with Crippen LogP contribution in [0.3, 0.4) is 0 Å². The number of allylic oxidation sites excluding steroid dienone is 6. The number of hydrogen-bond donors (Lipinski definition) is 0. The number of likely N-dealkylation sites (N-methyl/N-ethyl adjacent to an activating group) is 1. The summed E-state index contributed by atoms with van der Waals surface area (Å²) in [5.74, 6) is 0.255. The second-order valence-corrected chi connectivity index (χ2v) is 8.43. The van der Waals surface area contributed by atoms with Crippen molar-refractivity contribution in [3.05, 3.63) is 47.2 Å². The lowest BCUT2D eigenvalue weighted by Crippen LogP contribution is -2.30. The predicted octanol–water partition coefficient (Wildman–Crippen LogP) is 7.03. The van der Waals surface area contributed by atoms with E-state index in [1.54, 1.807) is 18.4 Å². The highest BCUT2D eigenvalue weighted by Gasteiger charge is 2.29. The molecule has 2 rings (SSSR count). The molecule has 32 heavy (non-hydrogen) atoms. The molecule has 1 aliphatic carbocycles. The molecule has 1 fully saturated rings. The van der Waals surface area contributed by atoms with Crippen LogP contribution < -0.4 is 0 Å². The number of likely N-dealkylation sites (tertiary alicyclic amines) is 1. The van der Waals surface area contributed by atoms with Gasteiger partial charge in [0, 0.05) is 25.7 Å². The Kier molecular flexibility index (Phi) is 16.8. The number of alkyl halides is 2. The van der Waals surface area contributed by atoms with E-state index in [1.807, 2.05) is 46.0 Å². The van der Waals surface area contributed by atoms with Crippen LogP contribution in [-0.2, 0) is 4.79 Å². The molecular weight excluding hydrogens is 406 g/mol. The highest BCUT2D eigenvalue weighted by molar-refractivity contribution is 5.71. The zero-order chi connectivity index (χ0) is 24.5. The summed E-state index contributed by atoms with van der Waals surface area (Å²) in [4.78, 5) is 15.0. The van der Waals surface area contributed by atoms with Gasteiger partial charge >= 0.3 is 0 Å². The Balaban J connectivity index is 0.00000104. The molecular formula is C27H46F2N2O. The smallest absolute Gasteiger partial charge is 0.264 e. The molecule has 0 N–H and O–H groups in total. The summed E-state index contributed by atoms with van der Waals surface area (Å²) in [7, 11) is 5.70. The maximum absolute atomic E-state index is 13.8. The van der Waals surface area contributed by atoms with E-state index in [4.69, 9.17) is 0 Å². The molecule has 0 amide bonds. The first-order valence-corrected chi connectivity index (χ1v) is 12.3. The van der Waals surface area contributed by atoms with E-state index >= 15 is 0 Å². The first-order chi connectivity index (χ1) is 15.3. The maximum atomic E-state index is 13.8. The number of unbranched alkanes of at least 4 members (excludes halogenated alkanes) is 3. The monoisotopic (exact) mass is 452 g/mol. The van der Waals surface area contributed by atoms with Crippen LogP contribution in [0.15, 0.2) is 47.2 Å². The molecule has 2 aliphatic rings. The fourth-order valence-electron chi connectivity index (χ4n) is 3.84. The minimum absolute atomic E-state index is 0.0190. The van der Waals surface area contributed by atoms with Crippen LogP contribution in [0, 0.1) is 5.92 Å². The van der Waals surface area contributed by atoms with Gasteiger partial charge in [0.25, 0.3) is 6.43 Å². The molecule has 5 heteroatoms. The summed E-state index contributed by atoms with van der Waals surface area (Å²) in [6.07, 6.45) is 15.0. The van der Waals surface area contributed by atoms with E-state index in [2.05, 4.69) is 18.7 Å². The summed E-state index contributed by atoms with van der Waals surface area (Å²) >= 11 is 0. The van der Waals surface area contributed by atoms with Crippen LogP contribution in [0.4, 0.5) is 8.78 Å². The Morgan fingerprint density at radius 2 is 1.81 bits per heavy atom. The van der Waals surface area contributed by atoms with Crippen LogP contribution in [0.1, 0.15) is 72.6 Å². The lowest BCUT2D eigenvalue weighted by molar-refractivity contribution is -0.104. The van der Waals surface area contributed by atoms with Crippen molar-refractivity contribution in [1.82, 2.24) is 9.80 Å². The van der Waals surface area contributed by atoms with Gasteiger partial charge in [-0.2, -0.15) is 0 Å². The van der Waals surface area contributed by atoms with Crippen LogP contribution in [0.25, 0.3) is 0 Å². The minimum atomic E-state index is -2.56. The van der Waals surface area contributed by atoms with E-state index in [0.717, 1.165) is 25.8 Å². The second kappa shape index (κ2) is 17.8. The highest BCUT2D eigenvalue weighted by Crippen LogP contribution is 2.36. The van der Waals surface area contributed by atoms with Gasteiger partial charge in [-0.1, -0.05) is 65.5 Å². The average molecular weight is 453 g/mol. The quantitative estimate of drug-likeness (QED) is 0.171. The van der Waals surface area contributed by atoms with Gasteiger partial charge in [-0.3, -0.25) is 9.69 Å². The number of nitrogens with zero attached hydrogens (tertiary/aromatic N) is 2. The molecule has 184 valence electrons. The predicted molar refractivity (Wildman–Crippen MR) is 134 cm³/mol. The van der Waals surface area contributed by atoms with Crippen molar-refractivity contribution in [3.8, 4) is 0 Å². The number of aldehydes is 1.